The molecule has 13 heavy (non-hydrogen) atoms. The number of thiazole rings is 1. The van der Waals surface area contributed by atoms with Gasteiger partial charge in [-0.3, -0.25) is 0 Å². The summed E-state index contributed by atoms with van der Waals surface area (Å²) < 4.78 is 0. The van der Waals surface area contributed by atoms with Crippen LogP contribution in [0, 0.1) is 0 Å². The highest BCUT2D eigenvalue weighted by atomic mass is 32.2. The number of nitrogen functional groups attached to an aromatic ring is 1. The van der Waals surface area contributed by atoms with Crippen LogP contribution in [0.4, 0.5) is 5.13 Å². The van der Waals surface area contributed by atoms with Crippen molar-refractivity contribution in [2.75, 3.05) is 12.0 Å². The Bertz CT molecular complexity index is 346. The molecule has 0 unspecified atom stereocenters. The number of carbonyl (C=O) groups is 1. The number of nitrogens with two attached hydrogens (primary N) is 1. The van der Waals surface area contributed by atoms with Gasteiger partial charge in [0.25, 0.3) is 0 Å². The summed E-state index contributed by atoms with van der Waals surface area (Å²) in [5.74, 6) is -0.986. The van der Waals surface area contributed by atoms with Crippen LogP contribution in [0.15, 0.2) is 10.8 Å². The number of thioether (sulfide) groups is 1. The SMILES string of the molecule is CSC=C(C(=O)O)c1csc(N)n1. The molecular weight excluding hydrogens is 208 g/mol. The number of nitrogens with zero attached hydrogens (tertiary/aromatic N) is 1. The average molecular weight is 216 g/mol. The number of anilines is 1. The predicted octanol–water partition coefficient (Wildman–Crippen LogP) is 1.51. The molecule has 4 nitrogen and oxygen atoms in total. The zero-order valence-electron chi connectivity index (χ0n) is 6.85. The van der Waals surface area contributed by atoms with Gasteiger partial charge in [-0.2, -0.15) is 0 Å². The zero-order chi connectivity index (χ0) is 9.84. The van der Waals surface area contributed by atoms with Crippen LogP contribution in [0.5, 0.6) is 0 Å². The van der Waals surface area contributed by atoms with E-state index in [4.69, 9.17) is 10.8 Å². The van der Waals surface area contributed by atoms with E-state index in [-0.39, 0.29) is 5.57 Å². The summed E-state index contributed by atoms with van der Waals surface area (Å²) in [7, 11) is 0. The number of hydrogen-bond acceptors (Lipinski definition) is 5. The summed E-state index contributed by atoms with van der Waals surface area (Å²) in [6.07, 6.45) is 1.79. The van der Waals surface area contributed by atoms with Crippen LogP contribution in [-0.2, 0) is 4.79 Å². The third kappa shape index (κ3) is 2.46. The van der Waals surface area contributed by atoms with Crippen molar-refractivity contribution in [3.8, 4) is 0 Å². The third-order valence-corrected chi connectivity index (χ3v) is 2.41. The van der Waals surface area contributed by atoms with Gasteiger partial charge in [0.2, 0.25) is 0 Å². The second-order valence-electron chi connectivity index (χ2n) is 2.14. The zero-order valence-corrected chi connectivity index (χ0v) is 8.48. The van der Waals surface area contributed by atoms with Crippen molar-refractivity contribution >= 4 is 39.8 Å². The number of aliphatic carboxylic acids is 1. The Balaban J connectivity index is 3.02. The molecule has 0 amide bonds. The van der Waals surface area contributed by atoms with Crippen molar-refractivity contribution in [2.24, 2.45) is 0 Å². The Morgan fingerprint density at radius 3 is 2.92 bits per heavy atom. The second-order valence-corrected chi connectivity index (χ2v) is 3.74. The van der Waals surface area contributed by atoms with Crippen molar-refractivity contribution in [1.82, 2.24) is 4.98 Å². The van der Waals surface area contributed by atoms with E-state index < -0.39 is 5.97 Å². The van der Waals surface area contributed by atoms with Gasteiger partial charge in [-0.1, -0.05) is 0 Å². The second kappa shape index (κ2) is 4.29. The van der Waals surface area contributed by atoms with Gasteiger partial charge >= 0.3 is 5.97 Å². The topological polar surface area (TPSA) is 76.2 Å². The van der Waals surface area contributed by atoms with E-state index in [0.29, 0.717) is 10.8 Å². The van der Waals surface area contributed by atoms with Crippen LogP contribution in [0.1, 0.15) is 5.69 Å². The van der Waals surface area contributed by atoms with Gasteiger partial charge in [0.15, 0.2) is 5.13 Å². The van der Waals surface area contributed by atoms with E-state index in [2.05, 4.69) is 4.98 Å². The summed E-state index contributed by atoms with van der Waals surface area (Å²) in [4.78, 5) is 14.6. The quantitative estimate of drug-likeness (QED) is 0.749. The van der Waals surface area contributed by atoms with Crippen LogP contribution in [0.3, 0.4) is 0 Å². The van der Waals surface area contributed by atoms with Gasteiger partial charge in [-0.25, -0.2) is 9.78 Å². The van der Waals surface area contributed by atoms with Crippen molar-refractivity contribution in [1.29, 1.82) is 0 Å². The first-order valence-electron chi connectivity index (χ1n) is 3.32. The Hall–Kier alpha value is -1.01. The highest BCUT2D eigenvalue weighted by Gasteiger charge is 2.12. The fraction of sp³-hybridized carbons (Fsp3) is 0.143. The van der Waals surface area contributed by atoms with Crippen molar-refractivity contribution < 1.29 is 9.90 Å². The summed E-state index contributed by atoms with van der Waals surface area (Å²) in [5, 5.41) is 12.4. The highest BCUT2D eigenvalue weighted by Crippen LogP contribution is 2.21. The summed E-state index contributed by atoms with van der Waals surface area (Å²) in [6, 6.07) is 0. The lowest BCUT2D eigenvalue weighted by Gasteiger charge is -1.95. The number of carboxylic acids is 1. The molecule has 1 aromatic heterocycles. The molecule has 1 heterocycles. The molecule has 0 fully saturated rings. The minimum absolute atomic E-state index is 0.181. The van der Waals surface area contributed by atoms with Crippen LogP contribution in [0.25, 0.3) is 5.57 Å². The molecular formula is C7H8N2O2S2. The van der Waals surface area contributed by atoms with Crippen LogP contribution in [0.2, 0.25) is 0 Å². The molecule has 6 heteroatoms. The maximum atomic E-state index is 10.7. The summed E-state index contributed by atoms with van der Waals surface area (Å²) >= 11 is 2.55. The summed E-state index contributed by atoms with van der Waals surface area (Å²) in [6.45, 7) is 0. The molecule has 3 N–H and O–H groups in total. The summed E-state index contributed by atoms with van der Waals surface area (Å²) in [5.41, 5.74) is 5.99. The van der Waals surface area contributed by atoms with Crippen LogP contribution < -0.4 is 5.73 Å². The first-order valence-corrected chi connectivity index (χ1v) is 5.49. The molecule has 1 aromatic rings. The largest absolute Gasteiger partial charge is 0.478 e. The number of hydrogen-bond donors (Lipinski definition) is 2. The van der Waals surface area contributed by atoms with E-state index in [1.165, 1.54) is 28.5 Å². The maximum Gasteiger partial charge on any atom is 0.338 e. The normalized spacial score (nSPS) is 11.6. The van der Waals surface area contributed by atoms with E-state index >= 15 is 0 Å². The van der Waals surface area contributed by atoms with Gasteiger partial charge in [-0.15, -0.1) is 23.1 Å². The molecule has 0 saturated heterocycles. The lowest BCUT2D eigenvalue weighted by Crippen LogP contribution is -1.99. The first kappa shape index (κ1) is 10.1. The Labute approximate surface area is 83.5 Å². The average Bonchev–Trinajstić information content (AvgIpc) is 2.46. The molecule has 1 rings (SSSR count). The molecule has 0 atom stereocenters. The first-order chi connectivity index (χ1) is 6.15. The molecule has 0 aliphatic rings. The Kier molecular flexibility index (Phi) is 3.32. The molecule has 0 aliphatic carbocycles. The van der Waals surface area contributed by atoms with Crippen molar-refractivity contribution in [3.63, 3.8) is 0 Å². The number of rotatable bonds is 3. The lowest BCUT2D eigenvalue weighted by atomic mass is 10.2. The molecule has 0 bridgehead atoms. The van der Waals surface area contributed by atoms with E-state index in [0.717, 1.165) is 0 Å². The number of carboxylic acid groups (broad SMARTS) is 1. The van der Waals surface area contributed by atoms with Gasteiger partial charge < -0.3 is 10.8 Å². The van der Waals surface area contributed by atoms with E-state index in [1.54, 1.807) is 11.6 Å². The molecule has 0 radical (unpaired) electrons. The van der Waals surface area contributed by atoms with E-state index in [1.807, 2.05) is 0 Å². The fourth-order valence-corrected chi connectivity index (χ4v) is 1.77. The van der Waals surface area contributed by atoms with Gasteiger partial charge in [0, 0.05) is 5.38 Å². The standard InChI is InChI=1S/C7H8N2O2S2/c1-12-2-4(6(10)11)5-3-13-7(8)9-5/h2-3H,1H3,(H2,8,9)(H,10,11). The van der Waals surface area contributed by atoms with Crippen molar-refractivity contribution in [3.05, 3.63) is 16.5 Å². The molecule has 0 aliphatic heterocycles. The van der Waals surface area contributed by atoms with Crippen LogP contribution in [-0.4, -0.2) is 22.3 Å². The fourth-order valence-electron chi connectivity index (χ4n) is 0.750. The minimum Gasteiger partial charge on any atom is -0.478 e. The van der Waals surface area contributed by atoms with Gasteiger partial charge in [0.1, 0.15) is 0 Å². The van der Waals surface area contributed by atoms with Crippen molar-refractivity contribution in [2.45, 2.75) is 0 Å². The minimum atomic E-state index is -0.986. The predicted molar refractivity (Wildman–Crippen MR) is 55.7 cm³/mol. The van der Waals surface area contributed by atoms with Gasteiger partial charge in [0.05, 0.1) is 11.3 Å². The Morgan fingerprint density at radius 2 is 2.54 bits per heavy atom. The molecule has 70 valence electrons. The smallest absolute Gasteiger partial charge is 0.338 e. The molecule has 0 aromatic carbocycles. The van der Waals surface area contributed by atoms with Crippen LogP contribution >= 0.6 is 23.1 Å². The van der Waals surface area contributed by atoms with E-state index in [9.17, 15) is 4.79 Å². The molecule has 0 saturated carbocycles. The lowest BCUT2D eigenvalue weighted by molar-refractivity contribution is -0.130. The molecule has 0 spiro atoms. The number of aromatic nitrogens is 1. The van der Waals surface area contributed by atoms with Gasteiger partial charge in [-0.05, 0) is 11.7 Å². The third-order valence-electron chi connectivity index (χ3n) is 1.26. The highest BCUT2D eigenvalue weighted by molar-refractivity contribution is 8.01. The monoisotopic (exact) mass is 216 g/mol. The Morgan fingerprint density at radius 1 is 1.85 bits per heavy atom. The maximum absolute atomic E-state index is 10.7.